The van der Waals surface area contributed by atoms with E-state index in [9.17, 15) is 4.79 Å². The summed E-state index contributed by atoms with van der Waals surface area (Å²) in [5, 5.41) is 0. The number of nitrogens with zero attached hydrogens (tertiary/aromatic N) is 2. The number of likely N-dealkylation sites (tertiary alicyclic amines) is 1. The van der Waals surface area contributed by atoms with Crippen LogP contribution in [0.5, 0.6) is 0 Å². The topological polar surface area (TPSA) is 23.6 Å². The van der Waals surface area contributed by atoms with Gasteiger partial charge in [0, 0.05) is 32.7 Å². The monoisotopic (exact) mass is 284 g/mol. The molecule has 2 heterocycles. The minimum Gasteiger partial charge on any atom is -0.341 e. The molecule has 1 aromatic carbocycles. The Hall–Kier alpha value is -1.61. The molecule has 0 aliphatic carbocycles. The molecule has 0 saturated carbocycles. The van der Waals surface area contributed by atoms with Crippen LogP contribution in [0.4, 0.5) is 0 Å². The Morgan fingerprint density at radius 2 is 2.00 bits per heavy atom. The Kier molecular flexibility index (Phi) is 4.39. The fraction of sp³-hybridized carbons (Fsp3) is 0.500. The summed E-state index contributed by atoms with van der Waals surface area (Å²) in [6.07, 6.45) is 7.79. The first-order valence-corrected chi connectivity index (χ1v) is 7.94. The lowest BCUT2D eigenvalue weighted by Crippen LogP contribution is -2.40. The second kappa shape index (κ2) is 6.44. The van der Waals surface area contributed by atoms with Gasteiger partial charge in [-0.15, -0.1) is 0 Å². The van der Waals surface area contributed by atoms with Crippen LogP contribution in [0.15, 0.2) is 36.4 Å². The molecule has 0 unspecified atom stereocenters. The molecule has 0 N–H and O–H groups in total. The van der Waals surface area contributed by atoms with Crippen LogP contribution in [0.25, 0.3) is 6.08 Å². The van der Waals surface area contributed by atoms with E-state index in [4.69, 9.17) is 0 Å². The highest BCUT2D eigenvalue weighted by atomic mass is 16.2. The number of likely N-dealkylation sites (N-methyl/N-ethyl adjacent to an activating group) is 1. The van der Waals surface area contributed by atoms with Crippen molar-refractivity contribution in [2.24, 2.45) is 5.92 Å². The summed E-state index contributed by atoms with van der Waals surface area (Å²) in [5.41, 5.74) is 1.24. The van der Waals surface area contributed by atoms with Crippen molar-refractivity contribution in [1.82, 2.24) is 9.80 Å². The zero-order valence-electron chi connectivity index (χ0n) is 12.7. The van der Waals surface area contributed by atoms with Gasteiger partial charge in [-0.25, -0.2) is 0 Å². The summed E-state index contributed by atoms with van der Waals surface area (Å²) in [7, 11) is 1.98. The number of benzene rings is 1. The first kappa shape index (κ1) is 14.3. The van der Waals surface area contributed by atoms with Gasteiger partial charge in [-0.2, -0.15) is 0 Å². The van der Waals surface area contributed by atoms with E-state index in [0.29, 0.717) is 11.9 Å². The van der Waals surface area contributed by atoms with Gasteiger partial charge in [0.1, 0.15) is 0 Å². The van der Waals surface area contributed by atoms with Gasteiger partial charge in [-0.3, -0.25) is 9.69 Å². The molecule has 112 valence electrons. The van der Waals surface area contributed by atoms with E-state index in [2.05, 4.69) is 41.3 Å². The van der Waals surface area contributed by atoms with Crippen molar-refractivity contribution < 1.29 is 4.79 Å². The summed E-state index contributed by atoms with van der Waals surface area (Å²) >= 11 is 0. The lowest BCUT2D eigenvalue weighted by molar-refractivity contribution is -0.134. The summed E-state index contributed by atoms with van der Waals surface area (Å²) in [6, 6.07) is 10.8. The van der Waals surface area contributed by atoms with Crippen molar-refractivity contribution in [2.45, 2.75) is 25.3 Å². The molecule has 3 nitrogen and oxygen atoms in total. The van der Waals surface area contributed by atoms with Crippen LogP contribution in [-0.2, 0) is 4.79 Å². The van der Waals surface area contributed by atoms with E-state index in [-0.39, 0.29) is 5.92 Å². The third-order valence-electron chi connectivity index (χ3n) is 4.76. The maximum absolute atomic E-state index is 12.3. The average Bonchev–Trinajstić information content (AvgIpc) is 2.67. The van der Waals surface area contributed by atoms with Gasteiger partial charge in [0.05, 0.1) is 5.92 Å². The van der Waals surface area contributed by atoms with Crippen molar-refractivity contribution in [3.63, 3.8) is 0 Å². The highest BCUT2D eigenvalue weighted by Gasteiger charge is 2.35. The van der Waals surface area contributed by atoms with Gasteiger partial charge in [0.25, 0.3) is 0 Å². The summed E-state index contributed by atoms with van der Waals surface area (Å²) in [4.78, 5) is 16.8. The third kappa shape index (κ3) is 3.35. The highest BCUT2D eigenvalue weighted by molar-refractivity contribution is 5.79. The van der Waals surface area contributed by atoms with Crippen LogP contribution in [-0.4, -0.2) is 48.4 Å². The van der Waals surface area contributed by atoms with Crippen LogP contribution >= 0.6 is 0 Å². The van der Waals surface area contributed by atoms with Gasteiger partial charge in [-0.1, -0.05) is 48.9 Å². The first-order chi connectivity index (χ1) is 10.2. The first-order valence-electron chi connectivity index (χ1n) is 7.94. The highest BCUT2D eigenvalue weighted by Crippen LogP contribution is 2.26. The SMILES string of the molecule is CN1C(=O)[C@@H]2CCC[C@H]1CN(C/C=C/c1ccccc1)C2. The Balaban J connectivity index is 1.64. The molecule has 2 bridgehead atoms. The van der Waals surface area contributed by atoms with Crippen LogP contribution in [0, 0.1) is 5.92 Å². The van der Waals surface area contributed by atoms with Crippen LogP contribution in [0.1, 0.15) is 24.8 Å². The summed E-state index contributed by atoms with van der Waals surface area (Å²) < 4.78 is 0. The fourth-order valence-electron chi connectivity index (χ4n) is 3.50. The molecule has 2 aliphatic heterocycles. The van der Waals surface area contributed by atoms with Crippen molar-refractivity contribution in [3.8, 4) is 0 Å². The number of hydrogen-bond acceptors (Lipinski definition) is 2. The minimum atomic E-state index is 0.202. The molecule has 2 fully saturated rings. The molecule has 0 radical (unpaired) electrons. The molecule has 2 atom stereocenters. The van der Waals surface area contributed by atoms with Gasteiger partial charge >= 0.3 is 0 Å². The zero-order chi connectivity index (χ0) is 14.7. The van der Waals surface area contributed by atoms with E-state index in [1.807, 2.05) is 18.0 Å². The number of rotatable bonds is 3. The quantitative estimate of drug-likeness (QED) is 0.852. The normalized spacial score (nSPS) is 27.1. The summed E-state index contributed by atoms with van der Waals surface area (Å²) in [6.45, 7) is 2.86. The van der Waals surface area contributed by atoms with E-state index in [0.717, 1.165) is 32.5 Å². The Morgan fingerprint density at radius 3 is 2.81 bits per heavy atom. The van der Waals surface area contributed by atoms with Gasteiger partial charge in [-0.05, 0) is 18.4 Å². The third-order valence-corrected chi connectivity index (χ3v) is 4.76. The van der Waals surface area contributed by atoms with Crippen molar-refractivity contribution in [1.29, 1.82) is 0 Å². The molecular weight excluding hydrogens is 260 g/mol. The van der Waals surface area contributed by atoms with Crippen molar-refractivity contribution in [2.75, 3.05) is 26.7 Å². The second-order valence-electron chi connectivity index (χ2n) is 6.26. The van der Waals surface area contributed by atoms with Crippen LogP contribution < -0.4 is 0 Å². The second-order valence-corrected chi connectivity index (χ2v) is 6.26. The molecule has 1 aromatic rings. The smallest absolute Gasteiger partial charge is 0.227 e. The minimum absolute atomic E-state index is 0.202. The molecule has 3 rings (SSSR count). The molecule has 3 heteroatoms. The van der Waals surface area contributed by atoms with Gasteiger partial charge in [0.15, 0.2) is 0 Å². The number of carbonyl (C=O) groups excluding carboxylic acids is 1. The lowest BCUT2D eigenvalue weighted by Gasteiger charge is -2.28. The molecule has 2 saturated heterocycles. The molecule has 2 aliphatic rings. The Labute approximate surface area is 127 Å². The van der Waals surface area contributed by atoms with E-state index >= 15 is 0 Å². The van der Waals surface area contributed by atoms with E-state index in [1.165, 1.54) is 12.0 Å². The van der Waals surface area contributed by atoms with Crippen molar-refractivity contribution >= 4 is 12.0 Å². The molecule has 0 aromatic heterocycles. The zero-order valence-corrected chi connectivity index (χ0v) is 12.7. The van der Waals surface area contributed by atoms with Gasteiger partial charge in [0.2, 0.25) is 5.91 Å². The molecular formula is C18H24N2O. The largest absolute Gasteiger partial charge is 0.341 e. The number of fused-ring (bicyclic) bond motifs is 3. The van der Waals surface area contributed by atoms with Crippen LogP contribution in [0.3, 0.4) is 0 Å². The number of amides is 1. The average molecular weight is 284 g/mol. The molecule has 0 spiro atoms. The Morgan fingerprint density at radius 1 is 1.19 bits per heavy atom. The Bertz CT molecular complexity index is 511. The predicted molar refractivity (Wildman–Crippen MR) is 85.8 cm³/mol. The number of carbonyl (C=O) groups is 1. The summed E-state index contributed by atoms with van der Waals surface area (Å²) in [5.74, 6) is 0.555. The van der Waals surface area contributed by atoms with E-state index < -0.39 is 0 Å². The fourth-order valence-corrected chi connectivity index (χ4v) is 3.50. The maximum atomic E-state index is 12.3. The predicted octanol–water partition coefficient (Wildman–Crippen LogP) is 2.64. The van der Waals surface area contributed by atoms with Crippen LogP contribution in [0.2, 0.25) is 0 Å². The maximum Gasteiger partial charge on any atom is 0.227 e. The lowest BCUT2D eigenvalue weighted by atomic mass is 9.99. The number of hydrogen-bond donors (Lipinski definition) is 0. The molecule has 1 amide bonds. The standard InChI is InChI=1S/C18H24N2O/c1-19-17-11-5-10-16(18(19)21)13-20(14-17)12-6-9-15-7-3-2-4-8-15/h2-4,6-9,16-17H,5,10-14H2,1H3/b9-6+/t16-,17+/m1/s1. The van der Waals surface area contributed by atoms with Crippen molar-refractivity contribution in [3.05, 3.63) is 42.0 Å². The van der Waals surface area contributed by atoms with Gasteiger partial charge < -0.3 is 4.90 Å². The molecule has 21 heavy (non-hydrogen) atoms. The van der Waals surface area contributed by atoms with E-state index in [1.54, 1.807) is 0 Å².